The van der Waals surface area contributed by atoms with Crippen molar-refractivity contribution < 1.29 is 9.53 Å². The lowest BCUT2D eigenvalue weighted by atomic mass is 9.81. The van der Waals surface area contributed by atoms with Crippen LogP contribution in [-0.4, -0.2) is 48.7 Å². The summed E-state index contributed by atoms with van der Waals surface area (Å²) in [5.41, 5.74) is 0. The molecule has 2 fully saturated rings. The second kappa shape index (κ2) is 7.25. The highest BCUT2D eigenvalue weighted by Crippen LogP contribution is 2.34. The Morgan fingerprint density at radius 3 is 2.53 bits per heavy atom. The second-order valence-electron chi connectivity index (χ2n) is 5.76. The third-order valence-electron chi connectivity index (χ3n) is 4.50. The number of fused-ring (bicyclic) bond motifs is 2. The fraction of sp³-hybridized carbons (Fsp3) is 0.933. The Balaban J connectivity index is 1.85. The maximum atomic E-state index is 11.5. The molecule has 0 aromatic heterocycles. The van der Waals surface area contributed by atoms with E-state index in [2.05, 4.69) is 17.1 Å². The van der Waals surface area contributed by atoms with Crippen LogP contribution in [0.5, 0.6) is 0 Å². The molecule has 2 rings (SSSR count). The second-order valence-corrected chi connectivity index (χ2v) is 5.76. The summed E-state index contributed by atoms with van der Waals surface area (Å²) in [6, 6.07) is 2.02. The van der Waals surface area contributed by atoms with Crippen molar-refractivity contribution in [3.63, 3.8) is 0 Å². The topological polar surface area (TPSA) is 41.6 Å². The van der Waals surface area contributed by atoms with Gasteiger partial charge in [0.25, 0.3) is 0 Å². The van der Waals surface area contributed by atoms with Gasteiger partial charge in [-0.25, -0.2) is 0 Å². The van der Waals surface area contributed by atoms with Crippen molar-refractivity contribution in [1.29, 1.82) is 0 Å². The summed E-state index contributed by atoms with van der Waals surface area (Å²) in [7, 11) is 0. The van der Waals surface area contributed by atoms with Crippen LogP contribution in [0.4, 0.5) is 0 Å². The molecule has 2 aliphatic rings. The van der Waals surface area contributed by atoms with Gasteiger partial charge in [-0.1, -0.05) is 13.3 Å². The number of carbonyl (C=O) groups is 1. The molecule has 2 saturated heterocycles. The van der Waals surface area contributed by atoms with Gasteiger partial charge in [-0.2, -0.15) is 0 Å². The van der Waals surface area contributed by atoms with Crippen LogP contribution in [0.3, 0.4) is 0 Å². The van der Waals surface area contributed by atoms with E-state index in [0.29, 0.717) is 31.2 Å². The van der Waals surface area contributed by atoms with E-state index in [0.717, 1.165) is 13.1 Å². The zero-order chi connectivity index (χ0) is 13.7. The van der Waals surface area contributed by atoms with Gasteiger partial charge in [0, 0.05) is 24.7 Å². The zero-order valence-electron chi connectivity index (χ0n) is 12.4. The molecule has 0 aromatic carbocycles. The molecule has 0 saturated carbocycles. The average Bonchev–Trinajstić information content (AvgIpc) is 2.37. The maximum absolute atomic E-state index is 11.5. The van der Waals surface area contributed by atoms with Gasteiger partial charge in [0.2, 0.25) is 0 Å². The van der Waals surface area contributed by atoms with Crippen LogP contribution >= 0.6 is 0 Å². The first kappa shape index (κ1) is 14.8. The summed E-state index contributed by atoms with van der Waals surface area (Å²) in [5, 5.41) is 3.60. The highest BCUT2D eigenvalue weighted by Gasteiger charge is 2.37. The third kappa shape index (κ3) is 3.93. The van der Waals surface area contributed by atoms with Crippen LogP contribution in [-0.2, 0) is 9.53 Å². The molecule has 2 atom stereocenters. The van der Waals surface area contributed by atoms with Crippen molar-refractivity contribution in [1.82, 2.24) is 10.2 Å². The first-order valence-corrected chi connectivity index (χ1v) is 7.89. The lowest BCUT2D eigenvalue weighted by molar-refractivity contribution is -0.144. The summed E-state index contributed by atoms with van der Waals surface area (Å²) >= 11 is 0. The number of carbonyl (C=O) groups excluding carboxylic acids is 1. The van der Waals surface area contributed by atoms with Gasteiger partial charge in [-0.3, -0.25) is 9.69 Å². The van der Waals surface area contributed by atoms with Gasteiger partial charge >= 0.3 is 5.97 Å². The lowest BCUT2D eigenvalue weighted by Crippen LogP contribution is -2.56. The normalized spacial score (nSPS) is 31.2. The van der Waals surface area contributed by atoms with Crippen LogP contribution in [0.1, 0.15) is 52.4 Å². The van der Waals surface area contributed by atoms with Crippen molar-refractivity contribution in [2.24, 2.45) is 0 Å². The van der Waals surface area contributed by atoms with Crippen molar-refractivity contribution >= 4 is 5.97 Å². The minimum absolute atomic E-state index is 0.0469. The van der Waals surface area contributed by atoms with Gasteiger partial charge in [0.15, 0.2) is 0 Å². The van der Waals surface area contributed by atoms with E-state index in [1.165, 1.54) is 32.1 Å². The van der Waals surface area contributed by atoms with Crippen molar-refractivity contribution in [2.45, 2.75) is 70.5 Å². The SMILES string of the molecule is CCNC1CC2CCCC(C1)N2CCC(=O)OCC. The van der Waals surface area contributed by atoms with E-state index in [9.17, 15) is 4.79 Å². The number of hydrogen-bond donors (Lipinski definition) is 1. The Hall–Kier alpha value is -0.610. The molecule has 4 heteroatoms. The van der Waals surface area contributed by atoms with E-state index in [1.54, 1.807) is 0 Å². The summed E-state index contributed by atoms with van der Waals surface area (Å²) < 4.78 is 5.04. The van der Waals surface area contributed by atoms with Crippen molar-refractivity contribution in [2.75, 3.05) is 19.7 Å². The molecule has 0 amide bonds. The lowest BCUT2D eigenvalue weighted by Gasteiger charge is -2.49. The summed E-state index contributed by atoms with van der Waals surface area (Å²) in [4.78, 5) is 14.1. The number of piperidine rings is 2. The Bertz CT molecular complexity index is 282. The van der Waals surface area contributed by atoms with Crippen LogP contribution < -0.4 is 5.32 Å². The molecular formula is C15H28N2O2. The molecule has 110 valence electrons. The molecular weight excluding hydrogens is 240 g/mol. The fourth-order valence-corrected chi connectivity index (χ4v) is 3.75. The highest BCUT2D eigenvalue weighted by atomic mass is 16.5. The van der Waals surface area contributed by atoms with Gasteiger partial charge < -0.3 is 10.1 Å². The largest absolute Gasteiger partial charge is 0.466 e. The Morgan fingerprint density at radius 1 is 1.26 bits per heavy atom. The maximum Gasteiger partial charge on any atom is 0.307 e. The number of hydrogen-bond acceptors (Lipinski definition) is 4. The standard InChI is InChI=1S/C15H28N2O2/c1-3-16-12-10-13-6-5-7-14(11-12)17(13)9-8-15(18)19-4-2/h12-14,16H,3-11H2,1-2H3. The van der Waals surface area contributed by atoms with E-state index in [1.807, 2.05) is 6.92 Å². The van der Waals surface area contributed by atoms with E-state index >= 15 is 0 Å². The van der Waals surface area contributed by atoms with Crippen LogP contribution in [0.2, 0.25) is 0 Å². The van der Waals surface area contributed by atoms with Gasteiger partial charge in [0.1, 0.15) is 0 Å². The first-order chi connectivity index (χ1) is 9.24. The zero-order valence-corrected chi connectivity index (χ0v) is 12.4. The van der Waals surface area contributed by atoms with Gasteiger partial charge in [-0.05, 0) is 39.2 Å². The molecule has 0 radical (unpaired) electrons. The van der Waals surface area contributed by atoms with E-state index < -0.39 is 0 Å². The summed E-state index contributed by atoms with van der Waals surface area (Å²) in [5.74, 6) is -0.0469. The van der Waals surface area contributed by atoms with Crippen molar-refractivity contribution in [3.05, 3.63) is 0 Å². The average molecular weight is 268 g/mol. The third-order valence-corrected chi connectivity index (χ3v) is 4.50. The predicted molar refractivity (Wildman–Crippen MR) is 76.1 cm³/mol. The molecule has 4 nitrogen and oxygen atoms in total. The molecule has 2 heterocycles. The van der Waals surface area contributed by atoms with Gasteiger partial charge in [0.05, 0.1) is 13.0 Å². The molecule has 1 N–H and O–H groups in total. The van der Waals surface area contributed by atoms with Crippen LogP contribution in [0.15, 0.2) is 0 Å². The van der Waals surface area contributed by atoms with Gasteiger partial charge in [-0.15, -0.1) is 0 Å². The number of rotatable bonds is 6. The molecule has 2 aliphatic heterocycles. The molecule has 0 aromatic rings. The van der Waals surface area contributed by atoms with E-state index in [-0.39, 0.29) is 5.97 Å². The fourth-order valence-electron chi connectivity index (χ4n) is 3.75. The number of nitrogens with zero attached hydrogens (tertiary/aromatic N) is 1. The molecule has 0 spiro atoms. The van der Waals surface area contributed by atoms with Crippen LogP contribution in [0.25, 0.3) is 0 Å². The summed E-state index contributed by atoms with van der Waals surface area (Å²) in [6.07, 6.45) is 6.97. The monoisotopic (exact) mass is 268 g/mol. The molecule has 19 heavy (non-hydrogen) atoms. The number of nitrogens with one attached hydrogen (secondary N) is 1. The Morgan fingerprint density at radius 2 is 1.95 bits per heavy atom. The van der Waals surface area contributed by atoms with Crippen LogP contribution in [0, 0.1) is 0 Å². The Labute approximate surface area is 116 Å². The Kier molecular flexibility index (Phi) is 5.64. The number of ether oxygens (including phenoxy) is 1. The molecule has 0 aliphatic carbocycles. The smallest absolute Gasteiger partial charge is 0.307 e. The first-order valence-electron chi connectivity index (χ1n) is 7.89. The predicted octanol–water partition coefficient (Wildman–Crippen LogP) is 1.93. The highest BCUT2D eigenvalue weighted by molar-refractivity contribution is 5.69. The summed E-state index contributed by atoms with van der Waals surface area (Å²) in [6.45, 7) is 6.49. The minimum atomic E-state index is -0.0469. The number of esters is 1. The molecule has 2 unspecified atom stereocenters. The van der Waals surface area contributed by atoms with E-state index in [4.69, 9.17) is 4.74 Å². The minimum Gasteiger partial charge on any atom is -0.466 e. The van der Waals surface area contributed by atoms with Crippen molar-refractivity contribution in [3.8, 4) is 0 Å². The quantitative estimate of drug-likeness (QED) is 0.748. The molecule has 2 bridgehead atoms.